The van der Waals surface area contributed by atoms with Crippen molar-refractivity contribution < 1.29 is 9.53 Å². The van der Waals surface area contributed by atoms with Gasteiger partial charge in [-0.3, -0.25) is 4.79 Å². The number of carbonyl (C=O) groups is 1. The first-order chi connectivity index (χ1) is 10.8. The highest BCUT2D eigenvalue weighted by Crippen LogP contribution is 2.21. The Hall–Kier alpha value is -1.01. The highest BCUT2D eigenvalue weighted by molar-refractivity contribution is 7.15. The molecule has 1 aromatic rings. The van der Waals surface area contributed by atoms with E-state index in [4.69, 9.17) is 4.74 Å². The molecule has 1 aromatic heterocycles. The number of aromatic nitrogens is 2. The van der Waals surface area contributed by atoms with Crippen LogP contribution in [-0.4, -0.2) is 29.3 Å². The van der Waals surface area contributed by atoms with Gasteiger partial charge in [-0.2, -0.15) is 0 Å². The van der Waals surface area contributed by atoms with Gasteiger partial charge >= 0.3 is 0 Å². The molecule has 1 saturated heterocycles. The molecule has 0 spiro atoms. The summed E-state index contributed by atoms with van der Waals surface area (Å²) in [6, 6.07) is 0. The Morgan fingerprint density at radius 1 is 1.18 bits per heavy atom. The minimum atomic E-state index is 0.0552. The molecular weight excluding hydrogens is 298 g/mol. The molecule has 0 saturated carbocycles. The van der Waals surface area contributed by atoms with Gasteiger partial charge in [0.15, 0.2) is 0 Å². The summed E-state index contributed by atoms with van der Waals surface area (Å²) in [7, 11) is 0. The van der Waals surface area contributed by atoms with Crippen LogP contribution >= 0.6 is 11.3 Å². The predicted molar refractivity (Wildman–Crippen MR) is 89.2 cm³/mol. The van der Waals surface area contributed by atoms with Crippen LogP contribution in [-0.2, 0) is 16.0 Å². The van der Waals surface area contributed by atoms with Gasteiger partial charge in [0.1, 0.15) is 5.01 Å². The van der Waals surface area contributed by atoms with E-state index < -0.39 is 0 Å². The van der Waals surface area contributed by atoms with Gasteiger partial charge in [-0.1, -0.05) is 50.4 Å². The molecular formula is C16H27N3O2S. The number of carbonyl (C=O) groups excluding carboxylic acids is 1. The molecule has 0 aromatic carbocycles. The van der Waals surface area contributed by atoms with Crippen LogP contribution in [0.5, 0.6) is 0 Å². The van der Waals surface area contributed by atoms with Gasteiger partial charge in [0.2, 0.25) is 11.0 Å². The summed E-state index contributed by atoms with van der Waals surface area (Å²) >= 11 is 1.51. The zero-order valence-electron chi connectivity index (χ0n) is 13.5. The van der Waals surface area contributed by atoms with E-state index in [0.717, 1.165) is 30.7 Å². The first-order valence-electron chi connectivity index (χ1n) is 8.50. The lowest BCUT2D eigenvalue weighted by Crippen LogP contribution is -2.28. The molecule has 0 bridgehead atoms. The molecule has 124 valence electrons. The highest BCUT2D eigenvalue weighted by atomic mass is 32.1. The van der Waals surface area contributed by atoms with E-state index in [1.807, 2.05) is 0 Å². The minimum absolute atomic E-state index is 0.0552. The lowest BCUT2D eigenvalue weighted by atomic mass is 10.00. The number of hydrogen-bond donors (Lipinski definition) is 1. The Morgan fingerprint density at radius 2 is 1.91 bits per heavy atom. The Labute approximate surface area is 136 Å². The van der Waals surface area contributed by atoms with E-state index in [-0.39, 0.29) is 11.8 Å². The van der Waals surface area contributed by atoms with Crippen LogP contribution in [0.15, 0.2) is 0 Å². The van der Waals surface area contributed by atoms with E-state index in [0.29, 0.717) is 18.3 Å². The quantitative estimate of drug-likeness (QED) is 0.701. The second-order valence-corrected chi connectivity index (χ2v) is 6.96. The van der Waals surface area contributed by atoms with Crippen LogP contribution in [0.2, 0.25) is 0 Å². The first-order valence-corrected chi connectivity index (χ1v) is 9.32. The number of nitrogens with one attached hydrogen (secondary N) is 1. The summed E-state index contributed by atoms with van der Waals surface area (Å²) in [6.45, 7) is 3.59. The van der Waals surface area contributed by atoms with E-state index in [1.54, 1.807) is 0 Å². The van der Waals surface area contributed by atoms with Crippen LogP contribution < -0.4 is 5.32 Å². The number of unbranched alkanes of at least 4 members (excludes halogenated alkanes) is 5. The van der Waals surface area contributed by atoms with Gasteiger partial charge in [0, 0.05) is 25.6 Å². The lowest BCUT2D eigenvalue weighted by Gasteiger charge is -2.20. The van der Waals surface area contributed by atoms with Gasteiger partial charge in [-0.25, -0.2) is 0 Å². The zero-order valence-corrected chi connectivity index (χ0v) is 14.3. The molecule has 6 heteroatoms. The number of amides is 1. The van der Waals surface area contributed by atoms with Crippen LogP contribution in [0.1, 0.15) is 63.3 Å². The molecule has 0 aliphatic carbocycles. The smallest absolute Gasteiger partial charge is 0.229 e. The van der Waals surface area contributed by atoms with Gasteiger partial charge in [0.05, 0.1) is 0 Å². The number of rotatable bonds is 9. The summed E-state index contributed by atoms with van der Waals surface area (Å²) in [4.78, 5) is 12.1. The SMILES string of the molecule is CCCCCCCCc1nnc(NC(=O)C2CCOCC2)s1. The number of nitrogens with zero attached hydrogens (tertiary/aromatic N) is 2. The Bertz CT molecular complexity index is 444. The molecule has 2 heterocycles. The van der Waals surface area contributed by atoms with Gasteiger partial charge in [0.25, 0.3) is 0 Å². The third kappa shape index (κ3) is 6.01. The van der Waals surface area contributed by atoms with Crippen LogP contribution in [0.3, 0.4) is 0 Å². The van der Waals surface area contributed by atoms with E-state index in [9.17, 15) is 4.79 Å². The summed E-state index contributed by atoms with van der Waals surface area (Å²) in [5.41, 5.74) is 0. The topological polar surface area (TPSA) is 64.1 Å². The standard InChI is InChI=1S/C16H27N3O2S/c1-2-3-4-5-6-7-8-14-18-19-16(22-14)17-15(20)13-9-11-21-12-10-13/h13H,2-12H2,1H3,(H,17,19,20). The van der Waals surface area contributed by atoms with Crippen molar-refractivity contribution in [2.24, 2.45) is 5.92 Å². The van der Waals surface area contributed by atoms with E-state index >= 15 is 0 Å². The molecule has 0 unspecified atom stereocenters. The largest absolute Gasteiger partial charge is 0.381 e. The fourth-order valence-electron chi connectivity index (χ4n) is 2.63. The fraction of sp³-hybridized carbons (Fsp3) is 0.812. The van der Waals surface area contributed by atoms with Crippen molar-refractivity contribution in [2.75, 3.05) is 18.5 Å². The molecule has 2 rings (SSSR count). The second-order valence-electron chi connectivity index (χ2n) is 5.89. The summed E-state index contributed by atoms with van der Waals surface area (Å²) in [5.74, 6) is 0.116. The number of ether oxygens (including phenoxy) is 1. The maximum Gasteiger partial charge on any atom is 0.229 e. The average Bonchev–Trinajstić information content (AvgIpc) is 2.99. The Balaban J connectivity index is 1.66. The van der Waals surface area contributed by atoms with E-state index in [2.05, 4.69) is 22.4 Å². The molecule has 0 radical (unpaired) electrons. The number of hydrogen-bond acceptors (Lipinski definition) is 5. The fourth-order valence-corrected chi connectivity index (χ4v) is 3.41. The van der Waals surface area contributed by atoms with Crippen molar-refractivity contribution in [1.82, 2.24) is 10.2 Å². The zero-order chi connectivity index (χ0) is 15.6. The molecule has 1 aliphatic rings. The van der Waals surface area contributed by atoms with Gasteiger partial charge < -0.3 is 10.1 Å². The van der Waals surface area contributed by atoms with Crippen LogP contribution in [0.4, 0.5) is 5.13 Å². The monoisotopic (exact) mass is 325 g/mol. The number of anilines is 1. The molecule has 1 N–H and O–H groups in total. The summed E-state index contributed by atoms with van der Waals surface area (Å²) < 4.78 is 5.28. The van der Waals surface area contributed by atoms with Crippen molar-refractivity contribution in [3.8, 4) is 0 Å². The maximum atomic E-state index is 12.1. The van der Waals surface area contributed by atoms with Crippen molar-refractivity contribution >= 4 is 22.4 Å². The van der Waals surface area contributed by atoms with Crippen molar-refractivity contribution in [2.45, 2.75) is 64.7 Å². The lowest BCUT2D eigenvalue weighted by molar-refractivity contribution is -0.122. The van der Waals surface area contributed by atoms with Crippen molar-refractivity contribution in [3.05, 3.63) is 5.01 Å². The van der Waals surface area contributed by atoms with Gasteiger partial charge in [-0.05, 0) is 19.3 Å². The normalized spacial score (nSPS) is 15.9. The maximum absolute atomic E-state index is 12.1. The van der Waals surface area contributed by atoms with E-state index in [1.165, 1.54) is 43.4 Å². The highest BCUT2D eigenvalue weighted by Gasteiger charge is 2.22. The van der Waals surface area contributed by atoms with Crippen molar-refractivity contribution in [1.29, 1.82) is 0 Å². The minimum Gasteiger partial charge on any atom is -0.381 e. The third-order valence-electron chi connectivity index (χ3n) is 4.03. The average molecular weight is 325 g/mol. The first kappa shape index (κ1) is 17.3. The summed E-state index contributed by atoms with van der Waals surface area (Å²) in [5, 5.41) is 12.8. The molecule has 0 atom stereocenters. The molecule has 1 amide bonds. The van der Waals surface area contributed by atoms with Crippen LogP contribution in [0.25, 0.3) is 0 Å². The Kier molecular flexibility index (Phi) is 7.80. The second kappa shape index (κ2) is 9.90. The Morgan fingerprint density at radius 3 is 2.68 bits per heavy atom. The molecule has 5 nitrogen and oxygen atoms in total. The van der Waals surface area contributed by atoms with Gasteiger partial charge in [-0.15, -0.1) is 10.2 Å². The summed E-state index contributed by atoms with van der Waals surface area (Å²) in [6.07, 6.45) is 10.2. The predicted octanol–water partition coefficient (Wildman–Crippen LogP) is 3.81. The number of aryl methyl sites for hydroxylation is 1. The van der Waals surface area contributed by atoms with Crippen LogP contribution in [0, 0.1) is 5.92 Å². The third-order valence-corrected chi connectivity index (χ3v) is 4.93. The molecule has 1 aliphatic heterocycles. The molecule has 1 fully saturated rings. The molecule has 22 heavy (non-hydrogen) atoms. The van der Waals surface area contributed by atoms with Crippen molar-refractivity contribution in [3.63, 3.8) is 0 Å².